The third-order valence-electron chi connectivity index (χ3n) is 3.27. The molecule has 6 heteroatoms. The van der Waals surface area contributed by atoms with E-state index in [1.54, 1.807) is 30.3 Å². The molecule has 1 aliphatic heterocycles. The van der Waals surface area contributed by atoms with Gasteiger partial charge >= 0.3 is 5.97 Å². The molecule has 2 rings (SSSR count). The van der Waals surface area contributed by atoms with Gasteiger partial charge in [-0.15, -0.1) is 0 Å². The average Bonchev–Trinajstić information content (AvgIpc) is 2.80. The Balaban J connectivity index is 2.17. The monoisotopic (exact) mass is 264 g/mol. The van der Waals surface area contributed by atoms with Crippen molar-refractivity contribution >= 4 is 11.9 Å². The number of carbonyl (C=O) groups is 2. The predicted octanol–water partition coefficient (Wildman–Crippen LogP) is -0.267. The highest BCUT2D eigenvalue weighted by molar-refractivity contribution is 5.88. The summed E-state index contributed by atoms with van der Waals surface area (Å²) in [6.07, 6.45) is -0.768. The second kappa shape index (κ2) is 5.38. The lowest BCUT2D eigenvalue weighted by Gasteiger charge is -2.24. The van der Waals surface area contributed by atoms with Crippen molar-refractivity contribution in [1.29, 1.82) is 0 Å². The molecule has 1 aliphatic rings. The van der Waals surface area contributed by atoms with Crippen molar-refractivity contribution in [3.63, 3.8) is 0 Å². The minimum Gasteiger partial charge on any atom is -0.480 e. The van der Waals surface area contributed by atoms with E-state index >= 15 is 0 Å². The summed E-state index contributed by atoms with van der Waals surface area (Å²) < 4.78 is 0. The maximum atomic E-state index is 12.2. The molecular weight excluding hydrogens is 248 g/mol. The number of nitrogens with zero attached hydrogens (tertiary/aromatic N) is 1. The highest BCUT2D eigenvalue weighted by atomic mass is 16.4. The average molecular weight is 264 g/mol. The lowest BCUT2D eigenvalue weighted by Crippen LogP contribution is -2.45. The van der Waals surface area contributed by atoms with Gasteiger partial charge < -0.3 is 20.8 Å². The molecule has 0 radical (unpaired) electrons. The second-order valence-corrected chi connectivity index (χ2v) is 4.62. The molecule has 1 amide bonds. The van der Waals surface area contributed by atoms with Crippen LogP contribution in [0.4, 0.5) is 0 Å². The van der Waals surface area contributed by atoms with Crippen molar-refractivity contribution < 1.29 is 19.8 Å². The van der Waals surface area contributed by atoms with Gasteiger partial charge in [0.25, 0.3) is 0 Å². The summed E-state index contributed by atoms with van der Waals surface area (Å²) in [7, 11) is 0. The van der Waals surface area contributed by atoms with E-state index in [1.165, 1.54) is 0 Å². The van der Waals surface area contributed by atoms with Crippen LogP contribution in [-0.2, 0) is 9.59 Å². The topological polar surface area (TPSA) is 104 Å². The molecule has 1 saturated heterocycles. The molecule has 1 aromatic carbocycles. The normalized spacial score (nSPS) is 24.2. The molecular formula is C13H16N2O4. The van der Waals surface area contributed by atoms with Gasteiger partial charge in [-0.2, -0.15) is 0 Å². The number of nitrogens with two attached hydrogens (primary N) is 1. The van der Waals surface area contributed by atoms with Crippen LogP contribution in [0, 0.1) is 0 Å². The summed E-state index contributed by atoms with van der Waals surface area (Å²) in [5.74, 6) is -1.60. The van der Waals surface area contributed by atoms with Crippen LogP contribution in [0.5, 0.6) is 0 Å². The number of aliphatic hydroxyl groups excluding tert-OH is 1. The Bertz CT molecular complexity index is 477. The van der Waals surface area contributed by atoms with Gasteiger partial charge in [0.15, 0.2) is 0 Å². The molecule has 0 saturated carbocycles. The molecule has 19 heavy (non-hydrogen) atoms. The third-order valence-corrected chi connectivity index (χ3v) is 3.27. The number of β-amino-alcohol motifs (C(OH)–C–C–N with tert-alkyl or cyclic N) is 1. The van der Waals surface area contributed by atoms with Crippen LogP contribution in [0.2, 0.25) is 0 Å². The quantitative estimate of drug-likeness (QED) is 0.697. The van der Waals surface area contributed by atoms with Gasteiger partial charge in [0.2, 0.25) is 5.91 Å². The Morgan fingerprint density at radius 3 is 2.53 bits per heavy atom. The minimum atomic E-state index is -1.12. The highest BCUT2D eigenvalue weighted by Gasteiger charge is 2.40. The number of aliphatic hydroxyl groups is 1. The molecule has 0 spiro atoms. The van der Waals surface area contributed by atoms with Crippen molar-refractivity contribution in [2.24, 2.45) is 5.73 Å². The van der Waals surface area contributed by atoms with Crippen molar-refractivity contribution in [3.8, 4) is 0 Å². The van der Waals surface area contributed by atoms with E-state index in [4.69, 9.17) is 10.8 Å². The van der Waals surface area contributed by atoms with E-state index in [9.17, 15) is 14.7 Å². The highest BCUT2D eigenvalue weighted by Crippen LogP contribution is 2.22. The van der Waals surface area contributed by atoms with Gasteiger partial charge in [-0.3, -0.25) is 4.79 Å². The van der Waals surface area contributed by atoms with Gasteiger partial charge in [-0.25, -0.2) is 4.79 Å². The number of carboxylic acids is 1. The molecule has 102 valence electrons. The fourth-order valence-corrected chi connectivity index (χ4v) is 2.27. The Hall–Kier alpha value is -1.92. The maximum absolute atomic E-state index is 12.2. The van der Waals surface area contributed by atoms with Crippen LogP contribution in [0.3, 0.4) is 0 Å². The van der Waals surface area contributed by atoms with Crippen molar-refractivity contribution in [3.05, 3.63) is 35.9 Å². The number of hydrogen-bond donors (Lipinski definition) is 3. The number of aliphatic carboxylic acids is 1. The molecule has 1 fully saturated rings. The fraction of sp³-hybridized carbons (Fsp3) is 0.385. The molecule has 0 aliphatic carbocycles. The van der Waals surface area contributed by atoms with Gasteiger partial charge in [-0.05, 0) is 5.56 Å². The van der Waals surface area contributed by atoms with Crippen LogP contribution in [-0.4, -0.2) is 45.7 Å². The third kappa shape index (κ3) is 2.74. The molecule has 1 heterocycles. The van der Waals surface area contributed by atoms with Crippen LogP contribution in [0.1, 0.15) is 18.0 Å². The zero-order valence-corrected chi connectivity index (χ0v) is 10.3. The molecule has 0 bridgehead atoms. The number of benzene rings is 1. The lowest BCUT2D eigenvalue weighted by atomic mass is 10.1. The van der Waals surface area contributed by atoms with Crippen molar-refractivity contribution in [1.82, 2.24) is 4.90 Å². The zero-order valence-electron chi connectivity index (χ0n) is 10.3. The standard InChI is InChI=1S/C13H16N2O4/c14-11(8-4-2-1-3-5-8)12(17)15-7-9(16)6-10(15)13(18)19/h1-5,9-11,16H,6-7,14H2,(H,18,19)/t9-,10+,11+/m1/s1. The Morgan fingerprint density at radius 2 is 1.95 bits per heavy atom. The summed E-state index contributed by atoms with van der Waals surface area (Å²) in [5.41, 5.74) is 6.48. The van der Waals surface area contributed by atoms with E-state index in [-0.39, 0.29) is 13.0 Å². The van der Waals surface area contributed by atoms with Gasteiger partial charge in [-0.1, -0.05) is 30.3 Å². The first-order chi connectivity index (χ1) is 9.00. The van der Waals surface area contributed by atoms with Gasteiger partial charge in [0, 0.05) is 13.0 Å². The molecule has 6 nitrogen and oxygen atoms in total. The SMILES string of the molecule is N[C@H](C(=O)N1C[C@H](O)C[C@H]1C(=O)O)c1ccccc1. The number of likely N-dealkylation sites (tertiary alicyclic amines) is 1. The van der Waals surface area contributed by atoms with E-state index < -0.39 is 30.1 Å². The molecule has 0 unspecified atom stereocenters. The van der Waals surface area contributed by atoms with Crippen LogP contribution < -0.4 is 5.73 Å². The van der Waals surface area contributed by atoms with Crippen LogP contribution >= 0.6 is 0 Å². The van der Waals surface area contributed by atoms with Crippen LogP contribution in [0.25, 0.3) is 0 Å². The molecule has 0 aromatic heterocycles. The Morgan fingerprint density at radius 1 is 1.32 bits per heavy atom. The summed E-state index contributed by atoms with van der Waals surface area (Å²) in [6.45, 7) is 0.0103. The Kier molecular flexibility index (Phi) is 3.82. The maximum Gasteiger partial charge on any atom is 0.326 e. The lowest BCUT2D eigenvalue weighted by molar-refractivity contribution is -0.148. The summed E-state index contributed by atoms with van der Waals surface area (Å²) in [4.78, 5) is 24.5. The van der Waals surface area contributed by atoms with E-state index in [0.29, 0.717) is 5.56 Å². The first-order valence-corrected chi connectivity index (χ1v) is 6.02. The number of amides is 1. The first kappa shape index (κ1) is 13.5. The molecule has 4 N–H and O–H groups in total. The second-order valence-electron chi connectivity index (χ2n) is 4.62. The predicted molar refractivity (Wildman–Crippen MR) is 67.1 cm³/mol. The molecule has 1 aromatic rings. The van der Waals surface area contributed by atoms with Crippen LogP contribution in [0.15, 0.2) is 30.3 Å². The smallest absolute Gasteiger partial charge is 0.326 e. The fourth-order valence-electron chi connectivity index (χ4n) is 2.27. The van der Waals surface area contributed by atoms with E-state index in [1.807, 2.05) is 0 Å². The number of rotatable bonds is 3. The minimum absolute atomic E-state index is 0.0103. The number of hydrogen-bond acceptors (Lipinski definition) is 4. The first-order valence-electron chi connectivity index (χ1n) is 6.02. The summed E-state index contributed by atoms with van der Waals surface area (Å²) >= 11 is 0. The Labute approximate surface area is 110 Å². The molecule has 3 atom stereocenters. The summed E-state index contributed by atoms with van der Waals surface area (Å²) in [5, 5.41) is 18.6. The van der Waals surface area contributed by atoms with Gasteiger partial charge in [0.05, 0.1) is 6.10 Å². The van der Waals surface area contributed by atoms with Crippen molar-refractivity contribution in [2.45, 2.75) is 24.6 Å². The largest absolute Gasteiger partial charge is 0.480 e. The zero-order chi connectivity index (χ0) is 14.0. The van der Waals surface area contributed by atoms with Gasteiger partial charge in [0.1, 0.15) is 12.1 Å². The number of carboxylic acid groups (broad SMARTS) is 1. The summed E-state index contributed by atoms with van der Waals surface area (Å²) in [6, 6.07) is 6.84. The van der Waals surface area contributed by atoms with E-state index in [0.717, 1.165) is 4.90 Å². The van der Waals surface area contributed by atoms with Crippen molar-refractivity contribution in [2.75, 3.05) is 6.54 Å². The number of carbonyl (C=O) groups excluding carboxylic acids is 1. The van der Waals surface area contributed by atoms with E-state index in [2.05, 4.69) is 0 Å².